The van der Waals surface area contributed by atoms with Crippen LogP contribution in [0.4, 0.5) is 8.78 Å². The Balaban J connectivity index is 1.96. The van der Waals surface area contributed by atoms with Gasteiger partial charge in [0.2, 0.25) is 0 Å². The van der Waals surface area contributed by atoms with Crippen LogP contribution in [0.5, 0.6) is 0 Å². The molecule has 0 aromatic heterocycles. The molecular formula is C11H20F2N2O. The van der Waals surface area contributed by atoms with Crippen molar-refractivity contribution in [3.8, 4) is 0 Å². The molecule has 3 unspecified atom stereocenters. The van der Waals surface area contributed by atoms with Gasteiger partial charge in [-0.1, -0.05) is 13.8 Å². The van der Waals surface area contributed by atoms with Crippen molar-refractivity contribution in [2.45, 2.75) is 38.3 Å². The fourth-order valence-corrected chi connectivity index (χ4v) is 3.22. The molecule has 1 aliphatic heterocycles. The number of ether oxygens (including phenoxy) is 1. The van der Waals surface area contributed by atoms with Gasteiger partial charge in [-0.3, -0.25) is 0 Å². The van der Waals surface area contributed by atoms with Crippen molar-refractivity contribution in [3.05, 3.63) is 0 Å². The number of hydrogen-bond acceptors (Lipinski definition) is 3. The molecule has 0 spiro atoms. The van der Waals surface area contributed by atoms with Crippen molar-refractivity contribution in [1.82, 2.24) is 5.32 Å². The van der Waals surface area contributed by atoms with E-state index < -0.39 is 12.0 Å². The minimum atomic E-state index is -2.32. The van der Waals surface area contributed by atoms with Gasteiger partial charge in [0.1, 0.15) is 0 Å². The van der Waals surface area contributed by atoms with Crippen LogP contribution < -0.4 is 11.1 Å². The van der Waals surface area contributed by atoms with E-state index in [0.29, 0.717) is 12.5 Å². The average Bonchev–Trinajstić information content (AvgIpc) is 2.64. The summed E-state index contributed by atoms with van der Waals surface area (Å²) in [6.45, 7) is 5.02. The van der Waals surface area contributed by atoms with E-state index in [1.54, 1.807) is 0 Å². The van der Waals surface area contributed by atoms with Crippen molar-refractivity contribution in [3.63, 3.8) is 0 Å². The van der Waals surface area contributed by atoms with Crippen molar-refractivity contribution in [2.75, 3.05) is 19.7 Å². The van der Waals surface area contributed by atoms with Gasteiger partial charge in [-0.2, -0.15) is 0 Å². The van der Waals surface area contributed by atoms with Gasteiger partial charge in [0.15, 0.2) is 0 Å². The summed E-state index contributed by atoms with van der Waals surface area (Å²) in [5, 5.41) is 2.76. The molecule has 16 heavy (non-hydrogen) atoms. The maximum atomic E-state index is 12.1. The summed E-state index contributed by atoms with van der Waals surface area (Å²) < 4.78 is 29.8. The van der Waals surface area contributed by atoms with E-state index in [2.05, 4.69) is 19.2 Å². The average molecular weight is 234 g/mol. The molecule has 2 rings (SSSR count). The first-order valence-corrected chi connectivity index (χ1v) is 5.79. The van der Waals surface area contributed by atoms with Gasteiger partial charge in [0.05, 0.1) is 12.6 Å². The highest BCUT2D eigenvalue weighted by molar-refractivity contribution is 5.21. The Kier molecular flexibility index (Phi) is 2.97. The molecule has 2 fully saturated rings. The van der Waals surface area contributed by atoms with Gasteiger partial charge in [-0.25, -0.2) is 8.78 Å². The molecule has 1 aliphatic carbocycles. The van der Waals surface area contributed by atoms with Gasteiger partial charge >= 0.3 is 0 Å². The minimum Gasteiger partial charge on any atom is -0.377 e. The molecule has 3 N–H and O–H groups in total. The molecule has 3 atom stereocenters. The Morgan fingerprint density at radius 3 is 2.81 bits per heavy atom. The highest BCUT2D eigenvalue weighted by Crippen LogP contribution is 2.57. The summed E-state index contributed by atoms with van der Waals surface area (Å²) in [5.74, 6) is 0.313. The molecule has 2 aliphatic rings. The number of hydrogen-bond donors (Lipinski definition) is 2. The number of nitrogens with one attached hydrogen (secondary N) is 1. The minimum absolute atomic E-state index is 0.136. The molecule has 0 bridgehead atoms. The van der Waals surface area contributed by atoms with E-state index in [1.165, 1.54) is 0 Å². The Morgan fingerprint density at radius 1 is 1.50 bits per heavy atom. The number of nitrogens with two attached hydrogens (primary N) is 1. The third-order valence-corrected chi connectivity index (χ3v) is 4.38. The van der Waals surface area contributed by atoms with Crippen molar-refractivity contribution >= 4 is 0 Å². The molecule has 0 amide bonds. The molecule has 5 heteroatoms. The zero-order valence-electron chi connectivity index (χ0n) is 9.80. The predicted octanol–water partition coefficient (Wildman–Crippen LogP) is 0.984. The van der Waals surface area contributed by atoms with E-state index in [9.17, 15) is 8.78 Å². The van der Waals surface area contributed by atoms with Gasteiger partial charge < -0.3 is 15.8 Å². The topological polar surface area (TPSA) is 47.3 Å². The van der Waals surface area contributed by atoms with Crippen LogP contribution in [0.15, 0.2) is 0 Å². The monoisotopic (exact) mass is 234 g/mol. The second kappa shape index (κ2) is 3.89. The van der Waals surface area contributed by atoms with Crippen LogP contribution in [-0.4, -0.2) is 37.8 Å². The van der Waals surface area contributed by atoms with Gasteiger partial charge in [-0.05, 0) is 6.42 Å². The molecule has 0 radical (unpaired) electrons. The van der Waals surface area contributed by atoms with Crippen LogP contribution in [0.2, 0.25) is 0 Å². The van der Waals surface area contributed by atoms with Crippen LogP contribution >= 0.6 is 0 Å². The summed E-state index contributed by atoms with van der Waals surface area (Å²) in [6, 6.07) is 0. The van der Waals surface area contributed by atoms with Crippen LogP contribution in [-0.2, 0) is 4.74 Å². The van der Waals surface area contributed by atoms with Crippen molar-refractivity contribution < 1.29 is 13.5 Å². The second-order valence-corrected chi connectivity index (χ2v) is 5.47. The number of rotatable bonds is 4. The fraction of sp³-hybridized carbons (Fsp3) is 1.00. The predicted molar refractivity (Wildman–Crippen MR) is 57.4 cm³/mol. The zero-order chi connectivity index (χ0) is 12.0. The molecular weight excluding hydrogens is 214 g/mol. The summed E-state index contributed by atoms with van der Waals surface area (Å²) in [6.07, 6.45) is -1.17. The van der Waals surface area contributed by atoms with E-state index in [4.69, 9.17) is 10.5 Å². The summed E-state index contributed by atoms with van der Waals surface area (Å²) in [4.78, 5) is 0. The van der Waals surface area contributed by atoms with E-state index in [0.717, 1.165) is 13.0 Å². The van der Waals surface area contributed by atoms with Crippen LogP contribution in [0, 0.1) is 11.3 Å². The number of fused-ring (bicyclic) bond motifs is 1. The summed E-state index contributed by atoms with van der Waals surface area (Å²) in [5.41, 5.74) is 5.82. The van der Waals surface area contributed by atoms with Gasteiger partial charge in [0.25, 0.3) is 6.43 Å². The van der Waals surface area contributed by atoms with Crippen molar-refractivity contribution in [1.29, 1.82) is 0 Å². The molecule has 0 aromatic carbocycles. The lowest BCUT2D eigenvalue weighted by Gasteiger charge is -2.62. The maximum Gasteiger partial charge on any atom is 0.250 e. The lowest BCUT2D eigenvalue weighted by Crippen LogP contribution is -2.78. The van der Waals surface area contributed by atoms with Gasteiger partial charge in [-0.15, -0.1) is 0 Å². The van der Waals surface area contributed by atoms with Crippen LogP contribution in [0.25, 0.3) is 0 Å². The molecule has 1 saturated carbocycles. The third-order valence-electron chi connectivity index (χ3n) is 4.38. The summed E-state index contributed by atoms with van der Waals surface area (Å²) >= 11 is 0. The van der Waals surface area contributed by atoms with Crippen molar-refractivity contribution in [2.24, 2.45) is 17.1 Å². The standard InChI is InChI=1S/C11H20F2N2O/c1-10(2)9-7(3-4-16-9)11(10,14)6-15-5-8(12)13/h7-9,15H,3-6,14H2,1-2H3. The largest absolute Gasteiger partial charge is 0.377 e. The molecule has 0 aromatic rings. The lowest BCUT2D eigenvalue weighted by atomic mass is 9.48. The normalized spacial score (nSPS) is 40.9. The second-order valence-electron chi connectivity index (χ2n) is 5.47. The lowest BCUT2D eigenvalue weighted by molar-refractivity contribution is -0.153. The third kappa shape index (κ3) is 1.57. The highest BCUT2D eigenvalue weighted by Gasteiger charge is 2.67. The maximum absolute atomic E-state index is 12.1. The Morgan fingerprint density at radius 2 is 2.19 bits per heavy atom. The molecule has 94 valence electrons. The Bertz CT molecular complexity index is 273. The molecule has 1 saturated heterocycles. The van der Waals surface area contributed by atoms with Gasteiger partial charge in [0, 0.05) is 30.0 Å². The Hall–Kier alpha value is -0.260. The first kappa shape index (κ1) is 12.2. The number of alkyl halides is 2. The molecule has 1 heterocycles. The smallest absolute Gasteiger partial charge is 0.250 e. The number of halogens is 2. The fourth-order valence-electron chi connectivity index (χ4n) is 3.22. The van der Waals surface area contributed by atoms with E-state index in [-0.39, 0.29) is 18.1 Å². The summed E-state index contributed by atoms with van der Waals surface area (Å²) in [7, 11) is 0. The Labute approximate surface area is 94.7 Å². The highest BCUT2D eigenvalue weighted by atomic mass is 19.3. The van der Waals surface area contributed by atoms with Crippen LogP contribution in [0.1, 0.15) is 20.3 Å². The SMILES string of the molecule is CC1(C)C2OCCC2C1(N)CNCC(F)F. The first-order valence-electron chi connectivity index (χ1n) is 5.79. The van der Waals surface area contributed by atoms with Crippen LogP contribution in [0.3, 0.4) is 0 Å². The quantitative estimate of drug-likeness (QED) is 0.762. The zero-order valence-corrected chi connectivity index (χ0v) is 9.80. The first-order chi connectivity index (χ1) is 7.39. The van der Waals surface area contributed by atoms with E-state index >= 15 is 0 Å². The van der Waals surface area contributed by atoms with E-state index in [1.807, 2.05) is 0 Å². The molecule has 3 nitrogen and oxygen atoms in total.